The normalized spacial score (nSPS) is 11.9. The van der Waals surface area contributed by atoms with Gasteiger partial charge in [0.05, 0.1) is 28.4 Å². The summed E-state index contributed by atoms with van der Waals surface area (Å²) in [5.41, 5.74) is 25.1. The van der Waals surface area contributed by atoms with Crippen molar-refractivity contribution in [3.63, 3.8) is 0 Å². The molecule has 0 saturated carbocycles. The molecule has 2 heterocycles. The second-order valence-corrected chi connectivity index (χ2v) is 23.4. The van der Waals surface area contributed by atoms with Crippen molar-refractivity contribution < 1.29 is 0 Å². The van der Waals surface area contributed by atoms with Gasteiger partial charge < -0.3 is 9.47 Å². The van der Waals surface area contributed by atoms with E-state index in [2.05, 4.69) is 306 Å². The molecule has 0 fully saturated rings. The maximum absolute atomic E-state index is 5.02. The molecule has 0 aliphatic heterocycles. The highest BCUT2D eigenvalue weighted by Gasteiger charge is 2.22. The zero-order valence-electron chi connectivity index (χ0n) is 45.4. The number of hydrogen-bond acceptors (Lipinski definition) is 4. The molecule has 0 aliphatic carbocycles. The van der Waals surface area contributed by atoms with Gasteiger partial charge in [-0.3, -0.25) is 0 Å². The topological polar surface area (TPSA) is 34.0 Å². The SMILES string of the molecule is CC(C)(C)c1ccc(-c2ccc3c(c2)c2cc(-c4ccc(C(C)(C)C)cc4)ccc2n3-c2ccc(-c3ccc(N(c4ccccc4)c4ccc(-c5cc(-c6ccccc6)cc(-c6ccccc6)c5)cc4)c4nsnc34)cc2)cc1. The van der Waals surface area contributed by atoms with Crippen molar-refractivity contribution in [2.45, 2.75) is 52.4 Å². The zero-order chi connectivity index (χ0) is 53.8. The number of benzene rings is 11. The molecule has 0 atom stereocenters. The summed E-state index contributed by atoms with van der Waals surface area (Å²) < 4.78 is 12.4. The number of fused-ring (bicyclic) bond motifs is 4. The van der Waals surface area contributed by atoms with Crippen molar-refractivity contribution in [1.82, 2.24) is 13.3 Å². The summed E-state index contributed by atoms with van der Waals surface area (Å²) in [6.45, 7) is 13.6. The average molecular weight is 1040 g/mol. The molecule has 5 heteroatoms. The first-order valence-corrected chi connectivity index (χ1v) is 28.0. The molecule has 0 unspecified atom stereocenters. The Morgan fingerprint density at radius 2 is 0.722 bits per heavy atom. The van der Waals surface area contributed by atoms with Gasteiger partial charge in [-0.25, -0.2) is 0 Å². The third kappa shape index (κ3) is 9.51. The van der Waals surface area contributed by atoms with Crippen LogP contribution < -0.4 is 4.90 Å². The molecule has 0 aliphatic rings. The first kappa shape index (κ1) is 49.4. The van der Waals surface area contributed by atoms with Gasteiger partial charge in [-0.1, -0.05) is 205 Å². The predicted molar refractivity (Wildman–Crippen MR) is 336 cm³/mol. The highest BCUT2D eigenvalue weighted by atomic mass is 32.1. The molecule has 382 valence electrons. The van der Waals surface area contributed by atoms with Crippen LogP contribution in [0, 0.1) is 0 Å². The summed E-state index contributed by atoms with van der Waals surface area (Å²) in [6.07, 6.45) is 0. The Hall–Kier alpha value is -9.16. The first-order valence-electron chi connectivity index (χ1n) is 27.3. The summed E-state index contributed by atoms with van der Waals surface area (Å²) in [5, 5.41) is 2.45. The molecule has 4 nitrogen and oxygen atoms in total. The zero-order valence-corrected chi connectivity index (χ0v) is 46.3. The van der Waals surface area contributed by atoms with Crippen LogP contribution in [0.2, 0.25) is 0 Å². The lowest BCUT2D eigenvalue weighted by atomic mass is 9.86. The number of para-hydroxylation sites is 1. The van der Waals surface area contributed by atoms with Gasteiger partial charge in [-0.05, 0) is 174 Å². The van der Waals surface area contributed by atoms with Crippen molar-refractivity contribution in [3.8, 4) is 72.4 Å². The van der Waals surface area contributed by atoms with Gasteiger partial charge in [0.1, 0.15) is 11.0 Å². The summed E-state index contributed by atoms with van der Waals surface area (Å²) in [6, 6.07) is 93.2. The number of hydrogen-bond donors (Lipinski definition) is 0. The van der Waals surface area contributed by atoms with Gasteiger partial charge in [-0.15, -0.1) is 0 Å². The lowest BCUT2D eigenvalue weighted by Gasteiger charge is -2.26. The van der Waals surface area contributed by atoms with Gasteiger partial charge in [0.15, 0.2) is 0 Å². The fourth-order valence-electron chi connectivity index (χ4n) is 11.2. The Morgan fingerprint density at radius 1 is 0.329 bits per heavy atom. The van der Waals surface area contributed by atoms with Gasteiger partial charge in [0.25, 0.3) is 0 Å². The van der Waals surface area contributed by atoms with Crippen LogP contribution in [0.15, 0.2) is 255 Å². The smallest absolute Gasteiger partial charge is 0.129 e. The predicted octanol–water partition coefficient (Wildman–Crippen LogP) is 20.9. The van der Waals surface area contributed by atoms with E-state index in [1.165, 1.54) is 89.2 Å². The third-order valence-electron chi connectivity index (χ3n) is 15.6. The Kier molecular flexibility index (Phi) is 12.5. The maximum Gasteiger partial charge on any atom is 0.129 e. The maximum atomic E-state index is 5.02. The molecular weight excluding hydrogens is 977 g/mol. The molecule has 2 aromatic heterocycles. The van der Waals surface area contributed by atoms with E-state index in [-0.39, 0.29) is 10.8 Å². The second-order valence-electron chi connectivity index (χ2n) is 22.8. The third-order valence-corrected chi connectivity index (χ3v) is 16.2. The summed E-state index contributed by atoms with van der Waals surface area (Å²) in [4.78, 5) is 2.30. The Bertz CT molecular complexity index is 4140. The number of aromatic nitrogens is 3. The standard InChI is InChI=1S/C74H60N4S/c1-73(2,3)60-32-22-51(23-33-60)55-30-41-68-66(47-55)67-48-56(52-24-34-61(35-25-52)74(4,5)6)31-42-69(67)78(68)64-38-28-54(29-39-64)65-40-43-70(72-71(65)75-79-76-72)77(62-20-14-9-15-21-62)63-36-26-53(27-37-63)59-45-57(49-16-10-7-11-17-49)44-58(46-59)50-18-12-8-13-19-50/h7-48H,1-6H3. The van der Waals surface area contributed by atoms with E-state index in [4.69, 9.17) is 8.75 Å². The van der Waals surface area contributed by atoms with Crippen molar-refractivity contribution in [1.29, 1.82) is 0 Å². The van der Waals surface area contributed by atoms with E-state index in [1.54, 1.807) is 0 Å². The van der Waals surface area contributed by atoms with Crippen molar-refractivity contribution >= 4 is 61.6 Å². The fraction of sp³-hybridized carbons (Fsp3) is 0.108. The monoisotopic (exact) mass is 1040 g/mol. The van der Waals surface area contributed by atoms with Crippen molar-refractivity contribution in [2.24, 2.45) is 0 Å². The number of anilines is 3. The first-order chi connectivity index (χ1) is 38.4. The van der Waals surface area contributed by atoms with Gasteiger partial charge in [0, 0.05) is 33.4 Å². The van der Waals surface area contributed by atoms with E-state index in [9.17, 15) is 0 Å². The van der Waals surface area contributed by atoms with Gasteiger partial charge >= 0.3 is 0 Å². The van der Waals surface area contributed by atoms with Crippen LogP contribution in [0.25, 0.3) is 105 Å². The summed E-state index contributed by atoms with van der Waals surface area (Å²) >= 11 is 1.26. The van der Waals surface area contributed by atoms with Crippen LogP contribution in [0.4, 0.5) is 17.1 Å². The number of nitrogens with zero attached hydrogens (tertiary/aromatic N) is 4. The van der Waals surface area contributed by atoms with Gasteiger partial charge in [-0.2, -0.15) is 8.75 Å². The summed E-state index contributed by atoms with van der Waals surface area (Å²) in [5.74, 6) is 0. The van der Waals surface area contributed by atoms with E-state index in [0.717, 1.165) is 56.0 Å². The van der Waals surface area contributed by atoms with Crippen LogP contribution in [0.1, 0.15) is 52.7 Å². The minimum Gasteiger partial charge on any atom is -0.309 e. The van der Waals surface area contributed by atoms with Crippen molar-refractivity contribution in [3.05, 3.63) is 266 Å². The largest absolute Gasteiger partial charge is 0.309 e. The molecule has 13 aromatic rings. The Morgan fingerprint density at radius 3 is 1.20 bits per heavy atom. The molecule has 0 amide bonds. The molecule has 0 N–H and O–H groups in total. The number of rotatable bonds is 10. The van der Waals surface area contributed by atoms with E-state index in [0.29, 0.717) is 0 Å². The molecular formula is C74H60N4S. The lowest BCUT2D eigenvalue weighted by Crippen LogP contribution is -2.10. The van der Waals surface area contributed by atoms with Crippen molar-refractivity contribution in [2.75, 3.05) is 4.90 Å². The van der Waals surface area contributed by atoms with E-state index < -0.39 is 0 Å². The van der Waals surface area contributed by atoms with Crippen LogP contribution in [-0.2, 0) is 10.8 Å². The molecule has 79 heavy (non-hydrogen) atoms. The average Bonchev–Trinajstić information content (AvgIpc) is 4.16. The Labute approximate surface area is 467 Å². The van der Waals surface area contributed by atoms with Crippen LogP contribution in [0.3, 0.4) is 0 Å². The fourth-order valence-corrected chi connectivity index (χ4v) is 11.8. The quantitative estimate of drug-likeness (QED) is 0.137. The van der Waals surface area contributed by atoms with E-state index in [1.807, 2.05) is 0 Å². The molecule has 0 radical (unpaired) electrons. The summed E-state index contributed by atoms with van der Waals surface area (Å²) in [7, 11) is 0. The highest BCUT2D eigenvalue weighted by Crippen LogP contribution is 2.44. The minimum absolute atomic E-state index is 0.0877. The minimum atomic E-state index is 0.0877. The molecule has 0 spiro atoms. The molecule has 0 bridgehead atoms. The van der Waals surface area contributed by atoms with Gasteiger partial charge in [0.2, 0.25) is 0 Å². The molecule has 13 rings (SSSR count). The van der Waals surface area contributed by atoms with Crippen LogP contribution in [0.5, 0.6) is 0 Å². The van der Waals surface area contributed by atoms with Crippen LogP contribution >= 0.6 is 11.7 Å². The van der Waals surface area contributed by atoms with E-state index >= 15 is 0 Å². The Balaban J connectivity index is 0.863. The molecule has 11 aromatic carbocycles. The molecule has 0 saturated heterocycles. The second kappa shape index (κ2) is 20.0. The lowest BCUT2D eigenvalue weighted by molar-refractivity contribution is 0.590. The highest BCUT2D eigenvalue weighted by molar-refractivity contribution is 7.00. The van der Waals surface area contributed by atoms with Crippen LogP contribution in [-0.4, -0.2) is 13.3 Å².